The molecule has 1 aromatic carbocycles. The van der Waals surface area contributed by atoms with Crippen LogP contribution in [-0.4, -0.2) is 39.1 Å². The Morgan fingerprint density at radius 3 is 3.09 bits per heavy atom. The number of amides is 1. The monoisotopic (exact) mass is 311 g/mol. The molecule has 1 fully saturated rings. The van der Waals surface area contributed by atoms with Crippen molar-refractivity contribution >= 4 is 33.7 Å². The van der Waals surface area contributed by atoms with Crippen molar-refractivity contribution in [2.24, 2.45) is 11.7 Å². The highest BCUT2D eigenvalue weighted by molar-refractivity contribution is 6.11. The molecular weight excluding hydrogens is 294 g/mol. The van der Waals surface area contributed by atoms with Crippen molar-refractivity contribution in [2.45, 2.75) is 12.8 Å². The molecule has 7 nitrogen and oxygen atoms in total. The number of carbonyl (C=O) groups is 1. The second-order valence-corrected chi connectivity index (χ2v) is 5.96. The topological polar surface area (TPSA) is 108 Å². The number of hydrogen-bond donors (Lipinski definition) is 3. The molecule has 1 unspecified atom stereocenters. The van der Waals surface area contributed by atoms with E-state index in [9.17, 15) is 9.90 Å². The van der Waals surface area contributed by atoms with E-state index in [0.29, 0.717) is 6.54 Å². The van der Waals surface area contributed by atoms with Crippen molar-refractivity contribution in [3.63, 3.8) is 0 Å². The Kier molecular flexibility index (Phi) is 3.07. The lowest BCUT2D eigenvalue weighted by Crippen LogP contribution is -2.41. The van der Waals surface area contributed by atoms with E-state index in [1.807, 2.05) is 6.07 Å². The Bertz CT molecular complexity index is 904. The fourth-order valence-electron chi connectivity index (χ4n) is 3.34. The van der Waals surface area contributed by atoms with Gasteiger partial charge in [-0.1, -0.05) is 0 Å². The average Bonchev–Trinajstić information content (AvgIpc) is 2.93. The molecule has 118 valence electrons. The first kappa shape index (κ1) is 13.8. The molecule has 4 rings (SSSR count). The van der Waals surface area contributed by atoms with Crippen LogP contribution in [0.5, 0.6) is 5.75 Å². The molecule has 23 heavy (non-hydrogen) atoms. The third-order valence-corrected chi connectivity index (χ3v) is 4.48. The molecule has 0 bridgehead atoms. The minimum atomic E-state index is -0.267. The van der Waals surface area contributed by atoms with Crippen LogP contribution in [0.1, 0.15) is 12.8 Å². The Balaban J connectivity index is 1.87. The number of nitrogens with zero attached hydrogens (tertiary/aromatic N) is 3. The van der Waals surface area contributed by atoms with Crippen LogP contribution < -0.4 is 10.6 Å². The number of phenolic OH excluding ortho intramolecular Hbond substituents is 1. The third kappa shape index (κ3) is 2.25. The number of aromatic amines is 1. The zero-order valence-electron chi connectivity index (χ0n) is 12.5. The molecule has 0 saturated carbocycles. The number of anilines is 1. The van der Waals surface area contributed by atoms with Gasteiger partial charge in [-0.15, -0.1) is 0 Å². The Morgan fingerprint density at radius 2 is 2.26 bits per heavy atom. The van der Waals surface area contributed by atoms with Crippen molar-refractivity contribution in [3.8, 4) is 5.75 Å². The lowest BCUT2D eigenvalue weighted by molar-refractivity contribution is -0.122. The Morgan fingerprint density at radius 1 is 1.39 bits per heavy atom. The van der Waals surface area contributed by atoms with Crippen LogP contribution in [0.25, 0.3) is 21.9 Å². The van der Waals surface area contributed by atoms with Crippen LogP contribution in [0, 0.1) is 5.92 Å². The maximum absolute atomic E-state index is 11.5. The molecule has 3 aromatic rings. The molecule has 1 atom stereocenters. The number of fused-ring (bicyclic) bond motifs is 3. The zero-order valence-corrected chi connectivity index (χ0v) is 12.5. The number of rotatable bonds is 2. The fraction of sp³-hybridized carbons (Fsp3) is 0.312. The number of carbonyl (C=O) groups excluding carboxylic acids is 1. The first-order valence-electron chi connectivity index (χ1n) is 7.63. The predicted octanol–water partition coefficient (Wildman–Crippen LogP) is 1.52. The van der Waals surface area contributed by atoms with Gasteiger partial charge in [0.1, 0.15) is 23.5 Å². The summed E-state index contributed by atoms with van der Waals surface area (Å²) in [6.07, 6.45) is 3.22. The van der Waals surface area contributed by atoms with Crippen LogP contribution in [0.3, 0.4) is 0 Å². The standard InChI is InChI=1S/C16H17N5O2/c17-14(23)9-2-1-5-21(7-9)16-13-11-6-10(22)3-4-12(11)20-15(13)18-8-19-16/h3-4,6,8-9,22H,1-2,5,7H2,(H2,17,23)(H,18,19,20). The van der Waals surface area contributed by atoms with Gasteiger partial charge in [-0.25, -0.2) is 9.97 Å². The van der Waals surface area contributed by atoms with E-state index >= 15 is 0 Å². The number of nitrogens with two attached hydrogens (primary N) is 1. The van der Waals surface area contributed by atoms with Gasteiger partial charge in [0.25, 0.3) is 0 Å². The first-order valence-corrected chi connectivity index (χ1v) is 7.63. The average molecular weight is 311 g/mol. The second kappa shape index (κ2) is 5.12. The quantitative estimate of drug-likeness (QED) is 0.665. The number of primary amides is 1. The molecule has 1 aliphatic heterocycles. The van der Waals surface area contributed by atoms with E-state index in [0.717, 1.165) is 47.1 Å². The number of aromatic nitrogens is 3. The van der Waals surface area contributed by atoms with Crippen molar-refractivity contribution in [2.75, 3.05) is 18.0 Å². The molecule has 0 spiro atoms. The van der Waals surface area contributed by atoms with Crippen molar-refractivity contribution in [1.29, 1.82) is 0 Å². The number of nitrogens with one attached hydrogen (secondary N) is 1. The summed E-state index contributed by atoms with van der Waals surface area (Å²) in [6, 6.07) is 5.16. The summed E-state index contributed by atoms with van der Waals surface area (Å²) in [5, 5.41) is 11.5. The SMILES string of the molecule is NC(=O)C1CCCN(c2ncnc3[nH]c4ccc(O)cc4c23)C1. The number of aromatic hydroxyl groups is 1. The summed E-state index contributed by atoms with van der Waals surface area (Å²) >= 11 is 0. The molecule has 1 aliphatic rings. The third-order valence-electron chi connectivity index (χ3n) is 4.48. The molecule has 1 saturated heterocycles. The van der Waals surface area contributed by atoms with Gasteiger partial charge < -0.3 is 20.7 Å². The molecule has 0 radical (unpaired) electrons. The highest BCUT2D eigenvalue weighted by atomic mass is 16.3. The molecular formula is C16H17N5O2. The normalized spacial score (nSPS) is 18.6. The molecule has 0 aliphatic carbocycles. The van der Waals surface area contributed by atoms with Crippen molar-refractivity contribution < 1.29 is 9.90 Å². The fourth-order valence-corrected chi connectivity index (χ4v) is 3.34. The maximum Gasteiger partial charge on any atom is 0.222 e. The summed E-state index contributed by atoms with van der Waals surface area (Å²) in [5.41, 5.74) is 7.08. The summed E-state index contributed by atoms with van der Waals surface area (Å²) in [6.45, 7) is 1.38. The minimum Gasteiger partial charge on any atom is -0.508 e. The van der Waals surface area contributed by atoms with Crippen molar-refractivity contribution in [3.05, 3.63) is 24.5 Å². The van der Waals surface area contributed by atoms with Gasteiger partial charge in [0, 0.05) is 24.0 Å². The highest BCUT2D eigenvalue weighted by Crippen LogP contribution is 2.34. The van der Waals surface area contributed by atoms with Gasteiger partial charge >= 0.3 is 0 Å². The predicted molar refractivity (Wildman–Crippen MR) is 87.2 cm³/mol. The highest BCUT2D eigenvalue weighted by Gasteiger charge is 2.26. The number of hydrogen-bond acceptors (Lipinski definition) is 5. The van der Waals surface area contributed by atoms with Gasteiger partial charge in [-0.2, -0.15) is 0 Å². The Hall–Kier alpha value is -2.83. The van der Waals surface area contributed by atoms with E-state index in [-0.39, 0.29) is 17.6 Å². The smallest absolute Gasteiger partial charge is 0.222 e. The van der Waals surface area contributed by atoms with E-state index in [2.05, 4.69) is 19.9 Å². The summed E-state index contributed by atoms with van der Waals surface area (Å²) in [4.78, 5) is 25.6. The van der Waals surface area contributed by atoms with Gasteiger partial charge in [0.15, 0.2) is 0 Å². The van der Waals surface area contributed by atoms with Crippen LogP contribution >= 0.6 is 0 Å². The van der Waals surface area contributed by atoms with Gasteiger partial charge in [0.05, 0.1) is 11.3 Å². The van der Waals surface area contributed by atoms with E-state index in [1.165, 1.54) is 6.33 Å². The summed E-state index contributed by atoms with van der Waals surface area (Å²) in [5.74, 6) is 0.545. The number of benzene rings is 1. The van der Waals surface area contributed by atoms with Gasteiger partial charge in [-0.3, -0.25) is 4.79 Å². The number of phenols is 1. The molecule has 7 heteroatoms. The van der Waals surface area contributed by atoms with Gasteiger partial charge in [-0.05, 0) is 31.0 Å². The number of piperidine rings is 1. The van der Waals surface area contributed by atoms with Gasteiger partial charge in [0.2, 0.25) is 5.91 Å². The molecule has 1 amide bonds. The molecule has 4 N–H and O–H groups in total. The lowest BCUT2D eigenvalue weighted by atomic mass is 9.97. The Labute approximate surface area is 132 Å². The van der Waals surface area contributed by atoms with E-state index in [4.69, 9.17) is 5.73 Å². The van der Waals surface area contributed by atoms with E-state index < -0.39 is 0 Å². The second-order valence-electron chi connectivity index (χ2n) is 5.96. The van der Waals surface area contributed by atoms with Crippen LogP contribution in [0.2, 0.25) is 0 Å². The molecule has 3 heterocycles. The minimum absolute atomic E-state index is 0.160. The largest absolute Gasteiger partial charge is 0.508 e. The van der Waals surface area contributed by atoms with Crippen LogP contribution in [0.4, 0.5) is 5.82 Å². The zero-order chi connectivity index (χ0) is 16.0. The summed E-state index contributed by atoms with van der Waals surface area (Å²) < 4.78 is 0. The van der Waals surface area contributed by atoms with Crippen LogP contribution in [0.15, 0.2) is 24.5 Å². The molecule has 2 aromatic heterocycles. The maximum atomic E-state index is 11.5. The van der Waals surface area contributed by atoms with Crippen molar-refractivity contribution in [1.82, 2.24) is 15.0 Å². The van der Waals surface area contributed by atoms with E-state index in [1.54, 1.807) is 12.1 Å². The summed E-state index contributed by atoms with van der Waals surface area (Å²) in [7, 11) is 0. The lowest BCUT2D eigenvalue weighted by Gasteiger charge is -2.32. The van der Waals surface area contributed by atoms with Crippen LogP contribution in [-0.2, 0) is 4.79 Å². The first-order chi connectivity index (χ1) is 11.1. The number of H-pyrrole nitrogens is 1.